The van der Waals surface area contributed by atoms with Crippen molar-refractivity contribution in [3.8, 4) is 0 Å². The first-order valence-corrected chi connectivity index (χ1v) is 9.36. The molecule has 4 nitrogen and oxygen atoms in total. The Morgan fingerprint density at radius 1 is 0.960 bits per heavy atom. The lowest BCUT2D eigenvalue weighted by molar-refractivity contribution is -0.152. The maximum atomic E-state index is 10.5. The zero-order chi connectivity index (χ0) is 18.8. The van der Waals surface area contributed by atoms with Crippen molar-refractivity contribution in [1.82, 2.24) is 0 Å². The number of benzene rings is 1. The quantitative estimate of drug-likeness (QED) is 0.571. The Labute approximate surface area is 153 Å². The van der Waals surface area contributed by atoms with E-state index in [1.54, 1.807) is 7.11 Å². The molecule has 0 aliphatic rings. The van der Waals surface area contributed by atoms with Crippen molar-refractivity contribution in [1.29, 1.82) is 0 Å². The van der Waals surface area contributed by atoms with E-state index in [0.717, 1.165) is 12.0 Å². The second kappa shape index (κ2) is 11.6. The van der Waals surface area contributed by atoms with E-state index in [0.29, 0.717) is 6.61 Å². The smallest absolute Gasteiger partial charge is 0.146 e. The van der Waals surface area contributed by atoms with E-state index < -0.39 is 6.10 Å². The molecule has 1 rings (SSSR count). The highest BCUT2D eigenvalue weighted by Crippen LogP contribution is 2.28. The molecule has 25 heavy (non-hydrogen) atoms. The number of rotatable bonds is 12. The van der Waals surface area contributed by atoms with Crippen LogP contribution in [0.1, 0.15) is 46.6 Å². The molecule has 0 fully saturated rings. The van der Waals surface area contributed by atoms with E-state index in [2.05, 4.69) is 26.0 Å². The molecule has 0 radical (unpaired) electrons. The van der Waals surface area contributed by atoms with Crippen molar-refractivity contribution in [3.63, 3.8) is 0 Å². The summed E-state index contributed by atoms with van der Waals surface area (Å²) in [6.07, 6.45) is 0.406. The fourth-order valence-electron chi connectivity index (χ4n) is 3.36. The minimum Gasteiger partial charge on any atom is -0.392 e. The van der Waals surface area contributed by atoms with E-state index in [-0.39, 0.29) is 36.8 Å². The molecule has 0 heterocycles. The van der Waals surface area contributed by atoms with Crippen molar-refractivity contribution < 1.29 is 19.3 Å². The Morgan fingerprint density at radius 3 is 2.12 bits per heavy atom. The molecule has 0 aromatic heterocycles. The summed E-state index contributed by atoms with van der Waals surface area (Å²) in [5.41, 5.74) is 1.16. The molecular weight excluding hydrogens is 316 g/mol. The molecule has 1 aromatic carbocycles. The average molecular weight is 353 g/mol. The molecular formula is C21H36O4. The number of methoxy groups -OCH3 is 1. The highest BCUT2D eigenvalue weighted by Gasteiger charge is 2.35. The lowest BCUT2D eigenvalue weighted by Crippen LogP contribution is -2.43. The zero-order valence-corrected chi connectivity index (χ0v) is 16.6. The van der Waals surface area contributed by atoms with E-state index >= 15 is 0 Å². The van der Waals surface area contributed by atoms with Crippen molar-refractivity contribution in [2.75, 3.05) is 13.9 Å². The third kappa shape index (κ3) is 7.06. The van der Waals surface area contributed by atoms with Crippen LogP contribution in [0.15, 0.2) is 30.3 Å². The highest BCUT2D eigenvalue weighted by molar-refractivity contribution is 5.13. The van der Waals surface area contributed by atoms with Gasteiger partial charge >= 0.3 is 0 Å². The van der Waals surface area contributed by atoms with Gasteiger partial charge in [-0.15, -0.1) is 0 Å². The van der Waals surface area contributed by atoms with Crippen LogP contribution < -0.4 is 0 Å². The molecule has 0 aliphatic carbocycles. The van der Waals surface area contributed by atoms with Gasteiger partial charge in [-0.3, -0.25) is 0 Å². The first kappa shape index (κ1) is 22.1. The molecule has 0 aliphatic heterocycles. The monoisotopic (exact) mass is 352 g/mol. The van der Waals surface area contributed by atoms with Gasteiger partial charge in [-0.05, 0) is 17.9 Å². The van der Waals surface area contributed by atoms with E-state index in [1.165, 1.54) is 0 Å². The standard InChI is InChI=1S/C21H36O4/c1-7-19(24-13-18-11-9-8-10-12-18)16(4)21(25-14-23-6)17(5)20(22)15(2)3/h8-12,15-17,19-22H,7,13-14H2,1-6H3/t16-,17+,19?,20+,21-/m0/s1. The average Bonchev–Trinajstić information content (AvgIpc) is 2.62. The van der Waals surface area contributed by atoms with E-state index in [4.69, 9.17) is 14.2 Å². The van der Waals surface area contributed by atoms with Crippen LogP contribution >= 0.6 is 0 Å². The van der Waals surface area contributed by atoms with Gasteiger partial charge in [0, 0.05) is 18.9 Å². The molecule has 144 valence electrons. The number of hydrogen-bond donors (Lipinski definition) is 1. The minimum atomic E-state index is -0.420. The Hall–Kier alpha value is -0.940. The summed E-state index contributed by atoms with van der Waals surface area (Å²) < 4.78 is 17.3. The molecule has 0 saturated carbocycles. The summed E-state index contributed by atoms with van der Waals surface area (Å²) in [7, 11) is 1.62. The fraction of sp³-hybridized carbons (Fsp3) is 0.714. The van der Waals surface area contributed by atoms with Gasteiger partial charge in [0.05, 0.1) is 24.9 Å². The summed E-state index contributed by atoms with van der Waals surface area (Å²) in [5.74, 6) is 0.327. The number of hydrogen-bond acceptors (Lipinski definition) is 4. The van der Waals surface area contributed by atoms with Gasteiger partial charge in [-0.25, -0.2) is 0 Å². The van der Waals surface area contributed by atoms with Gasteiger partial charge in [0.25, 0.3) is 0 Å². The summed E-state index contributed by atoms with van der Waals surface area (Å²) in [6, 6.07) is 10.2. The predicted octanol–water partition coefficient (Wildman–Crippen LogP) is 4.26. The molecule has 0 amide bonds. The Bertz CT molecular complexity index is 448. The van der Waals surface area contributed by atoms with Crippen molar-refractivity contribution in [2.45, 2.75) is 66.0 Å². The molecule has 4 heteroatoms. The Balaban J connectivity index is 2.78. The summed E-state index contributed by atoms with van der Waals surface area (Å²) >= 11 is 0. The minimum absolute atomic E-state index is 0.000440. The maximum absolute atomic E-state index is 10.5. The van der Waals surface area contributed by atoms with Gasteiger partial charge in [0.2, 0.25) is 0 Å². The largest absolute Gasteiger partial charge is 0.392 e. The summed E-state index contributed by atoms with van der Waals surface area (Å²) in [4.78, 5) is 0. The molecule has 1 N–H and O–H groups in total. The molecule has 0 spiro atoms. The van der Waals surface area contributed by atoms with Crippen LogP contribution in [0.3, 0.4) is 0 Å². The lowest BCUT2D eigenvalue weighted by atomic mass is 9.82. The summed E-state index contributed by atoms with van der Waals surface area (Å²) in [5, 5.41) is 10.5. The third-order valence-electron chi connectivity index (χ3n) is 4.93. The van der Waals surface area contributed by atoms with Crippen LogP contribution in [0.2, 0.25) is 0 Å². The van der Waals surface area contributed by atoms with E-state index in [1.807, 2.05) is 39.0 Å². The topological polar surface area (TPSA) is 47.9 Å². The maximum Gasteiger partial charge on any atom is 0.146 e. The molecule has 1 aromatic rings. The van der Waals surface area contributed by atoms with Gasteiger partial charge in [0.1, 0.15) is 6.79 Å². The first-order valence-electron chi connectivity index (χ1n) is 9.36. The van der Waals surface area contributed by atoms with Crippen molar-refractivity contribution >= 4 is 0 Å². The van der Waals surface area contributed by atoms with Crippen LogP contribution in [0.4, 0.5) is 0 Å². The summed E-state index contributed by atoms with van der Waals surface area (Å²) in [6.45, 7) is 11.2. The second-order valence-electron chi connectivity index (χ2n) is 7.23. The van der Waals surface area contributed by atoms with Crippen molar-refractivity contribution in [3.05, 3.63) is 35.9 Å². The van der Waals surface area contributed by atoms with E-state index in [9.17, 15) is 5.11 Å². The lowest BCUT2D eigenvalue weighted by Gasteiger charge is -2.37. The molecule has 1 unspecified atom stereocenters. The number of aliphatic hydroxyl groups is 1. The van der Waals surface area contributed by atoms with Crippen LogP contribution in [-0.2, 0) is 20.8 Å². The second-order valence-corrected chi connectivity index (χ2v) is 7.23. The van der Waals surface area contributed by atoms with Gasteiger partial charge in [-0.1, -0.05) is 65.0 Å². The zero-order valence-electron chi connectivity index (χ0n) is 16.6. The SMILES string of the molecule is CCC(OCc1ccccc1)[C@H](C)[C@H](OCOC)[C@H](C)[C@H](O)C(C)C. The predicted molar refractivity (Wildman–Crippen MR) is 101 cm³/mol. The Kier molecular flexibility index (Phi) is 10.3. The van der Waals surface area contributed by atoms with Crippen LogP contribution in [0.25, 0.3) is 0 Å². The van der Waals surface area contributed by atoms with Crippen LogP contribution in [0.5, 0.6) is 0 Å². The molecule has 0 bridgehead atoms. The molecule has 5 atom stereocenters. The number of ether oxygens (including phenoxy) is 3. The third-order valence-corrected chi connectivity index (χ3v) is 4.93. The van der Waals surface area contributed by atoms with Gasteiger partial charge < -0.3 is 19.3 Å². The van der Waals surface area contributed by atoms with Crippen LogP contribution in [0, 0.1) is 17.8 Å². The van der Waals surface area contributed by atoms with Gasteiger partial charge in [-0.2, -0.15) is 0 Å². The highest BCUT2D eigenvalue weighted by atomic mass is 16.7. The molecule has 0 saturated heterocycles. The van der Waals surface area contributed by atoms with Crippen molar-refractivity contribution in [2.24, 2.45) is 17.8 Å². The Morgan fingerprint density at radius 2 is 1.60 bits per heavy atom. The first-order chi connectivity index (χ1) is 11.9. The van der Waals surface area contributed by atoms with Crippen LogP contribution in [-0.4, -0.2) is 37.3 Å². The number of aliphatic hydroxyl groups excluding tert-OH is 1. The van der Waals surface area contributed by atoms with Gasteiger partial charge in [0.15, 0.2) is 0 Å². The fourth-order valence-corrected chi connectivity index (χ4v) is 3.36. The normalized spacial score (nSPS) is 17.9.